The Balaban J connectivity index is 2.50. The molecule has 0 aromatic carbocycles. The Morgan fingerprint density at radius 2 is 0.903 bits per heavy atom. The van der Waals surface area contributed by atoms with Gasteiger partial charge < -0.3 is 0 Å². The van der Waals surface area contributed by atoms with Crippen LogP contribution in [0.15, 0.2) is 18.2 Å². The van der Waals surface area contributed by atoms with Crippen molar-refractivity contribution in [1.82, 2.24) is 29.3 Å². The zero-order valence-corrected chi connectivity index (χ0v) is 22.0. The van der Waals surface area contributed by atoms with Crippen LogP contribution in [0, 0.1) is 0 Å². The minimum atomic E-state index is -2.15. The van der Waals surface area contributed by atoms with Crippen LogP contribution in [0.2, 0.25) is 0 Å². The third-order valence-electron chi connectivity index (χ3n) is 5.67. The summed E-state index contributed by atoms with van der Waals surface area (Å²) in [6.45, 7) is 12.7. The normalized spacial score (nSPS) is 12.6. The fourth-order valence-corrected chi connectivity index (χ4v) is 6.64. The summed E-state index contributed by atoms with van der Waals surface area (Å²) in [5, 5.41) is 15.1. The predicted octanol–water partition coefficient (Wildman–Crippen LogP) is 5.24. The van der Waals surface area contributed by atoms with Gasteiger partial charge in [-0.05, 0) is 0 Å². The van der Waals surface area contributed by atoms with Crippen molar-refractivity contribution in [3.63, 3.8) is 0 Å². The van der Waals surface area contributed by atoms with E-state index in [9.17, 15) is 0 Å². The van der Waals surface area contributed by atoms with E-state index in [0.717, 1.165) is 72.7 Å². The van der Waals surface area contributed by atoms with Gasteiger partial charge in [-0.2, -0.15) is 0 Å². The number of aryl methyl sites for hydroxylation is 6. The van der Waals surface area contributed by atoms with Gasteiger partial charge in [0.1, 0.15) is 0 Å². The molecule has 0 atom stereocenters. The molecule has 0 aliphatic rings. The third kappa shape index (κ3) is 4.10. The molecular formula is C22H33Cl2MnN6. The van der Waals surface area contributed by atoms with E-state index in [2.05, 4.69) is 59.7 Å². The first-order valence-electron chi connectivity index (χ1n) is 11.2. The van der Waals surface area contributed by atoms with Gasteiger partial charge in [-0.25, -0.2) is 0 Å². The molecule has 0 amide bonds. The molecule has 3 rings (SSSR count). The van der Waals surface area contributed by atoms with E-state index in [4.69, 9.17) is 35.5 Å². The summed E-state index contributed by atoms with van der Waals surface area (Å²) in [4.78, 5) is 0. The summed E-state index contributed by atoms with van der Waals surface area (Å²) in [6, 6.07) is 6.46. The first kappa shape index (κ1) is 24.4. The van der Waals surface area contributed by atoms with Crippen molar-refractivity contribution in [2.24, 2.45) is 0 Å². The van der Waals surface area contributed by atoms with E-state index in [1.165, 1.54) is 0 Å². The molecular weight excluding hydrogens is 474 g/mol. The van der Waals surface area contributed by atoms with Crippen LogP contribution in [0.25, 0.3) is 0 Å². The second kappa shape index (κ2) is 10.1. The van der Waals surface area contributed by atoms with Crippen LogP contribution in [-0.4, -0.2) is 29.3 Å². The van der Waals surface area contributed by atoms with Gasteiger partial charge in [-0.1, -0.05) is 0 Å². The zero-order chi connectivity index (χ0) is 22.8. The molecule has 0 spiro atoms. The number of rotatable bonds is 10. The van der Waals surface area contributed by atoms with Gasteiger partial charge in [0.05, 0.1) is 0 Å². The van der Waals surface area contributed by atoms with Crippen LogP contribution < -0.4 is 0 Å². The van der Waals surface area contributed by atoms with Gasteiger partial charge in [-0.15, -0.1) is 0 Å². The van der Waals surface area contributed by atoms with Gasteiger partial charge in [0.2, 0.25) is 0 Å². The second-order valence-electron chi connectivity index (χ2n) is 7.49. The van der Waals surface area contributed by atoms with Crippen LogP contribution in [0.3, 0.4) is 0 Å². The maximum absolute atomic E-state index is 7.04. The average Bonchev–Trinajstić information content (AvgIpc) is 3.50. The molecule has 3 aromatic heterocycles. The van der Waals surface area contributed by atoms with Crippen molar-refractivity contribution in [3.05, 3.63) is 52.4 Å². The van der Waals surface area contributed by atoms with Crippen LogP contribution in [0.4, 0.5) is 0 Å². The summed E-state index contributed by atoms with van der Waals surface area (Å²) in [5.41, 5.74) is 6.27. The fourth-order valence-electron chi connectivity index (χ4n) is 3.89. The van der Waals surface area contributed by atoms with E-state index in [-0.39, 0.29) is 0 Å². The number of hydrogen-bond donors (Lipinski definition) is 0. The van der Waals surface area contributed by atoms with Gasteiger partial charge in [0.25, 0.3) is 0 Å². The number of nitrogens with zero attached hydrogens (tertiary/aromatic N) is 6. The number of hydrogen-bond acceptors (Lipinski definition) is 3. The Morgan fingerprint density at radius 3 is 1.10 bits per heavy atom. The number of aromatic nitrogens is 6. The van der Waals surface area contributed by atoms with Crippen LogP contribution in [-0.2, 0) is 55.3 Å². The minimum absolute atomic E-state index is 0.810. The van der Waals surface area contributed by atoms with Crippen LogP contribution in [0.5, 0.6) is 0 Å². The third-order valence-corrected chi connectivity index (χ3v) is 8.60. The summed E-state index contributed by atoms with van der Waals surface area (Å²) in [5.74, 6) is 0. The summed E-state index contributed by atoms with van der Waals surface area (Å²) < 4.78 is 5.00. The monoisotopic (exact) mass is 506 g/mol. The Hall–Kier alpha value is -1.27. The molecule has 172 valence electrons. The Labute approximate surface area is 198 Å². The van der Waals surface area contributed by atoms with Gasteiger partial charge in [-0.3, -0.25) is 0 Å². The first-order chi connectivity index (χ1) is 14.9. The number of halogens is 2. The Bertz CT molecular complexity index is 897. The van der Waals surface area contributed by atoms with Crippen molar-refractivity contribution in [3.8, 4) is 0 Å². The standard InChI is InChI=1S/C22H33N6.2ClH.Mn/c1-7-16-13-19(10-4)26(23-16)22(27-20(11-5)14-17(8-2)24-27)28-21(12-6)15-18(9-3)25-28;;;/h13-15H,7-12H2,1-6H3;2*1H;/q;;;+2/p-2. The average molecular weight is 507 g/mol. The summed E-state index contributed by atoms with van der Waals surface area (Å²) in [6.07, 6.45) is 4.94. The molecule has 0 radical (unpaired) electrons. The Morgan fingerprint density at radius 1 is 0.613 bits per heavy atom. The zero-order valence-electron chi connectivity index (χ0n) is 19.3. The van der Waals surface area contributed by atoms with Gasteiger partial charge in [0, 0.05) is 0 Å². The van der Waals surface area contributed by atoms with Crippen molar-refractivity contribution in [2.45, 2.75) is 84.8 Å². The molecule has 0 N–H and O–H groups in total. The molecule has 0 bridgehead atoms. The predicted molar refractivity (Wildman–Crippen MR) is 123 cm³/mol. The van der Waals surface area contributed by atoms with Crippen molar-refractivity contribution < 1.29 is 12.1 Å². The molecule has 31 heavy (non-hydrogen) atoms. The molecule has 0 aliphatic carbocycles. The molecule has 3 aromatic rings. The van der Waals surface area contributed by atoms with E-state index >= 15 is 0 Å². The molecule has 0 fully saturated rings. The molecule has 0 aliphatic heterocycles. The SMILES string of the molecule is CCc1cc(CC)n([C](n2nc(CC)cc2CC)(n2nc(CC)cc2CC)[Mn]([Cl])[Cl])n1. The van der Waals surface area contributed by atoms with E-state index < -0.39 is 16.8 Å². The molecule has 6 nitrogen and oxygen atoms in total. The van der Waals surface area contributed by atoms with Gasteiger partial charge >= 0.3 is 199 Å². The van der Waals surface area contributed by atoms with Crippen molar-refractivity contribution in [1.29, 1.82) is 0 Å². The molecule has 0 saturated carbocycles. The van der Waals surface area contributed by atoms with Crippen LogP contribution in [0.1, 0.15) is 75.7 Å². The molecule has 9 heteroatoms. The first-order valence-corrected chi connectivity index (χ1v) is 15.0. The summed E-state index contributed by atoms with van der Waals surface area (Å²) >= 11 is -2.15. The maximum atomic E-state index is 7.04. The van der Waals surface area contributed by atoms with Crippen molar-refractivity contribution >= 4 is 20.2 Å². The van der Waals surface area contributed by atoms with E-state index in [0.29, 0.717) is 0 Å². The summed E-state index contributed by atoms with van der Waals surface area (Å²) in [7, 11) is 14.1. The van der Waals surface area contributed by atoms with Crippen molar-refractivity contribution in [2.75, 3.05) is 0 Å². The topological polar surface area (TPSA) is 53.5 Å². The fraction of sp³-hybridized carbons (Fsp3) is 0.591. The quantitative estimate of drug-likeness (QED) is 0.353. The van der Waals surface area contributed by atoms with E-state index in [1.807, 2.05) is 14.0 Å². The molecule has 0 saturated heterocycles. The molecule has 0 unspecified atom stereocenters. The second-order valence-corrected chi connectivity index (χ2v) is 11.9. The van der Waals surface area contributed by atoms with Crippen LogP contribution >= 0.6 is 20.2 Å². The van der Waals surface area contributed by atoms with Gasteiger partial charge in [0.15, 0.2) is 0 Å². The Kier molecular flexibility index (Phi) is 7.95. The molecule has 3 heterocycles. The van der Waals surface area contributed by atoms with E-state index in [1.54, 1.807) is 0 Å².